The van der Waals surface area contributed by atoms with E-state index in [1.54, 1.807) is 36.8 Å². The molecule has 0 aliphatic heterocycles. The lowest BCUT2D eigenvalue weighted by molar-refractivity contribution is -0.136. The minimum atomic E-state index is -0.774. The summed E-state index contributed by atoms with van der Waals surface area (Å²) in [6.45, 7) is 0.334. The Morgan fingerprint density at radius 3 is 2.61 bits per heavy atom. The molecular formula is C16H18N2O5. The van der Waals surface area contributed by atoms with Gasteiger partial charge in [-0.25, -0.2) is 0 Å². The van der Waals surface area contributed by atoms with Crippen molar-refractivity contribution in [1.29, 1.82) is 0 Å². The molecule has 0 saturated carbocycles. The van der Waals surface area contributed by atoms with Crippen LogP contribution in [-0.4, -0.2) is 32.6 Å². The molecule has 0 saturated heterocycles. The molecule has 23 heavy (non-hydrogen) atoms. The van der Waals surface area contributed by atoms with Gasteiger partial charge in [0.25, 0.3) is 0 Å². The highest BCUT2D eigenvalue weighted by atomic mass is 16.5. The molecule has 122 valence electrons. The molecule has 0 atom stereocenters. The van der Waals surface area contributed by atoms with Gasteiger partial charge in [-0.05, 0) is 30.2 Å². The lowest BCUT2D eigenvalue weighted by Gasteiger charge is -2.11. The Hall–Kier alpha value is -2.96. The molecule has 0 unspecified atom stereocenters. The summed E-state index contributed by atoms with van der Waals surface area (Å²) in [5.41, 5.74) is 1.31. The number of methoxy groups -OCH3 is 2. The molecule has 1 heterocycles. The van der Waals surface area contributed by atoms with Gasteiger partial charge in [0.15, 0.2) is 0 Å². The van der Waals surface area contributed by atoms with Gasteiger partial charge in [0.2, 0.25) is 0 Å². The fourth-order valence-electron chi connectivity index (χ4n) is 1.93. The molecule has 2 amide bonds. The topological polar surface area (TPSA) is 89.8 Å². The highest BCUT2D eigenvalue weighted by Crippen LogP contribution is 2.28. The van der Waals surface area contributed by atoms with E-state index in [2.05, 4.69) is 10.6 Å². The summed E-state index contributed by atoms with van der Waals surface area (Å²) in [5.74, 6) is -0.520. The molecule has 2 N–H and O–H groups in total. The molecule has 0 spiro atoms. The van der Waals surface area contributed by atoms with Crippen LogP contribution in [0.4, 0.5) is 5.69 Å². The Morgan fingerprint density at radius 1 is 1.13 bits per heavy atom. The second-order valence-corrected chi connectivity index (χ2v) is 4.66. The summed E-state index contributed by atoms with van der Waals surface area (Å²) in [6.07, 6.45) is 3.73. The zero-order valence-electron chi connectivity index (χ0n) is 12.9. The number of rotatable bonds is 6. The summed E-state index contributed by atoms with van der Waals surface area (Å²) in [5, 5.41) is 5.05. The minimum Gasteiger partial charge on any atom is -0.497 e. The van der Waals surface area contributed by atoms with Crippen LogP contribution < -0.4 is 20.1 Å². The quantitative estimate of drug-likeness (QED) is 0.790. The number of benzene rings is 1. The van der Waals surface area contributed by atoms with E-state index in [1.807, 2.05) is 0 Å². The highest BCUT2D eigenvalue weighted by molar-refractivity contribution is 6.39. The number of hydrogen-bond acceptors (Lipinski definition) is 5. The monoisotopic (exact) mass is 318 g/mol. The van der Waals surface area contributed by atoms with Crippen LogP contribution in [0.5, 0.6) is 11.5 Å². The van der Waals surface area contributed by atoms with Crippen LogP contribution >= 0.6 is 0 Å². The first-order valence-electron chi connectivity index (χ1n) is 6.96. The molecular weight excluding hydrogens is 300 g/mol. The van der Waals surface area contributed by atoms with E-state index in [0.717, 1.165) is 5.56 Å². The molecule has 0 radical (unpaired) electrons. The van der Waals surface area contributed by atoms with Gasteiger partial charge in [-0.15, -0.1) is 0 Å². The maximum absolute atomic E-state index is 11.9. The number of furan rings is 1. The molecule has 7 heteroatoms. The molecule has 0 aliphatic carbocycles. The van der Waals surface area contributed by atoms with Gasteiger partial charge in [0.05, 0.1) is 32.4 Å². The number of anilines is 1. The SMILES string of the molecule is COc1ccc(OC)c(NC(=O)C(=O)NCCc2ccoc2)c1. The maximum atomic E-state index is 11.9. The van der Waals surface area contributed by atoms with Crippen LogP contribution in [0.1, 0.15) is 5.56 Å². The number of carbonyl (C=O) groups is 2. The third-order valence-electron chi connectivity index (χ3n) is 3.14. The molecule has 1 aromatic heterocycles. The van der Waals surface area contributed by atoms with Gasteiger partial charge in [0.1, 0.15) is 11.5 Å². The second kappa shape index (κ2) is 7.88. The predicted octanol–water partition coefficient (Wildman–Crippen LogP) is 1.59. The zero-order valence-corrected chi connectivity index (χ0v) is 12.9. The van der Waals surface area contributed by atoms with Gasteiger partial charge < -0.3 is 24.5 Å². The number of hydrogen-bond donors (Lipinski definition) is 2. The zero-order chi connectivity index (χ0) is 16.7. The van der Waals surface area contributed by atoms with Crippen LogP contribution in [-0.2, 0) is 16.0 Å². The van der Waals surface area contributed by atoms with Crippen molar-refractivity contribution >= 4 is 17.5 Å². The van der Waals surface area contributed by atoms with E-state index in [9.17, 15) is 9.59 Å². The summed E-state index contributed by atoms with van der Waals surface area (Å²) in [7, 11) is 2.98. The molecule has 2 rings (SSSR count). The van der Waals surface area contributed by atoms with Crippen LogP contribution in [0.15, 0.2) is 41.2 Å². The Labute approximate surface area is 133 Å². The van der Waals surface area contributed by atoms with E-state index in [-0.39, 0.29) is 0 Å². The van der Waals surface area contributed by atoms with E-state index < -0.39 is 11.8 Å². The van der Waals surface area contributed by atoms with Gasteiger partial charge in [0, 0.05) is 12.6 Å². The smallest absolute Gasteiger partial charge is 0.313 e. The molecule has 0 fully saturated rings. The summed E-state index contributed by atoms with van der Waals surface area (Å²) in [4.78, 5) is 23.7. The normalized spacial score (nSPS) is 10.0. The Morgan fingerprint density at radius 2 is 1.96 bits per heavy atom. The first kappa shape index (κ1) is 16.4. The lowest BCUT2D eigenvalue weighted by atomic mass is 10.2. The molecule has 7 nitrogen and oxygen atoms in total. The molecule has 1 aromatic carbocycles. The largest absolute Gasteiger partial charge is 0.497 e. The van der Waals surface area contributed by atoms with Crippen molar-refractivity contribution in [2.24, 2.45) is 0 Å². The maximum Gasteiger partial charge on any atom is 0.313 e. The van der Waals surface area contributed by atoms with Crippen molar-refractivity contribution in [3.63, 3.8) is 0 Å². The fraction of sp³-hybridized carbons (Fsp3) is 0.250. The highest BCUT2D eigenvalue weighted by Gasteiger charge is 2.16. The number of carbonyl (C=O) groups excluding carboxylic acids is 2. The van der Waals surface area contributed by atoms with Gasteiger partial charge in [-0.1, -0.05) is 0 Å². The van der Waals surface area contributed by atoms with Crippen LogP contribution in [0.25, 0.3) is 0 Å². The Balaban J connectivity index is 1.91. The Bertz CT molecular complexity index is 667. The van der Waals surface area contributed by atoms with E-state index in [1.165, 1.54) is 14.2 Å². The second-order valence-electron chi connectivity index (χ2n) is 4.66. The van der Waals surface area contributed by atoms with Crippen molar-refractivity contribution in [1.82, 2.24) is 5.32 Å². The van der Waals surface area contributed by atoms with Gasteiger partial charge in [-0.3, -0.25) is 9.59 Å². The average molecular weight is 318 g/mol. The summed E-state index contributed by atoms with van der Waals surface area (Å²) < 4.78 is 15.2. The van der Waals surface area contributed by atoms with Crippen molar-refractivity contribution in [2.75, 3.05) is 26.1 Å². The summed E-state index contributed by atoms with van der Waals surface area (Å²) >= 11 is 0. The molecule has 0 bridgehead atoms. The van der Waals surface area contributed by atoms with E-state index in [4.69, 9.17) is 13.9 Å². The molecule has 0 aliphatic rings. The van der Waals surface area contributed by atoms with Crippen molar-refractivity contribution < 1.29 is 23.5 Å². The lowest BCUT2D eigenvalue weighted by Crippen LogP contribution is -2.36. The van der Waals surface area contributed by atoms with Gasteiger partial charge in [-0.2, -0.15) is 0 Å². The van der Waals surface area contributed by atoms with Crippen molar-refractivity contribution in [2.45, 2.75) is 6.42 Å². The van der Waals surface area contributed by atoms with Crippen LogP contribution in [0.2, 0.25) is 0 Å². The molecule has 2 aromatic rings. The Kier molecular flexibility index (Phi) is 5.62. The van der Waals surface area contributed by atoms with Gasteiger partial charge >= 0.3 is 11.8 Å². The fourth-order valence-corrected chi connectivity index (χ4v) is 1.93. The third kappa shape index (κ3) is 4.50. The first-order chi connectivity index (χ1) is 11.1. The van der Waals surface area contributed by atoms with Crippen LogP contribution in [0.3, 0.4) is 0 Å². The first-order valence-corrected chi connectivity index (χ1v) is 6.96. The summed E-state index contributed by atoms with van der Waals surface area (Å²) in [6, 6.07) is 6.72. The number of nitrogens with one attached hydrogen (secondary N) is 2. The van der Waals surface area contributed by atoms with Crippen LogP contribution in [0, 0.1) is 0 Å². The van der Waals surface area contributed by atoms with E-state index in [0.29, 0.717) is 30.2 Å². The number of amides is 2. The predicted molar refractivity (Wildman–Crippen MR) is 83.6 cm³/mol. The minimum absolute atomic E-state index is 0.334. The average Bonchev–Trinajstić information content (AvgIpc) is 3.08. The third-order valence-corrected chi connectivity index (χ3v) is 3.14. The van der Waals surface area contributed by atoms with Crippen molar-refractivity contribution in [3.8, 4) is 11.5 Å². The van der Waals surface area contributed by atoms with E-state index >= 15 is 0 Å². The van der Waals surface area contributed by atoms with Crippen molar-refractivity contribution in [3.05, 3.63) is 42.4 Å². The standard InChI is InChI=1S/C16H18N2O5/c1-21-12-3-4-14(22-2)13(9-12)18-16(20)15(19)17-7-5-11-6-8-23-10-11/h3-4,6,8-10H,5,7H2,1-2H3,(H,17,19)(H,18,20). The number of ether oxygens (including phenoxy) is 2.